The molecule has 1 aliphatic rings. The summed E-state index contributed by atoms with van der Waals surface area (Å²) in [6.07, 6.45) is 6.45. The quantitative estimate of drug-likeness (QED) is 0.616. The van der Waals surface area contributed by atoms with Gasteiger partial charge < -0.3 is 0 Å². The van der Waals surface area contributed by atoms with Gasteiger partial charge in [0.25, 0.3) is 0 Å². The summed E-state index contributed by atoms with van der Waals surface area (Å²) in [5.74, 6) is 1.01. The zero-order valence-electron chi connectivity index (χ0n) is 12.0. The first-order chi connectivity index (χ1) is 10.8. The van der Waals surface area contributed by atoms with Gasteiger partial charge in [-0.05, 0) is 43.2 Å². The molecule has 0 aliphatic heterocycles. The summed E-state index contributed by atoms with van der Waals surface area (Å²) < 4.78 is 3.38. The molecule has 1 aromatic heterocycles. The number of imidazole rings is 1. The Kier molecular flexibility index (Phi) is 3.43. The Bertz CT molecular complexity index is 830. The number of nitrogens with zero attached hydrogens (tertiary/aromatic N) is 2. The van der Waals surface area contributed by atoms with Crippen LogP contribution in [0.2, 0.25) is 0 Å². The van der Waals surface area contributed by atoms with Gasteiger partial charge in [0.2, 0.25) is 0 Å². The first-order valence-corrected chi connectivity index (χ1v) is 8.22. The van der Waals surface area contributed by atoms with Gasteiger partial charge in [-0.3, -0.25) is 4.57 Å². The highest BCUT2D eigenvalue weighted by molar-refractivity contribution is 9.10. The molecular formula is C19H15BrN2. The number of rotatable bonds is 2. The molecular weight excluding hydrogens is 336 g/mol. The lowest BCUT2D eigenvalue weighted by Crippen LogP contribution is -2.04. The van der Waals surface area contributed by atoms with Crippen LogP contribution in [0.3, 0.4) is 0 Å². The maximum Gasteiger partial charge on any atom is 0.145 e. The van der Waals surface area contributed by atoms with Crippen LogP contribution >= 0.6 is 15.9 Å². The van der Waals surface area contributed by atoms with Crippen molar-refractivity contribution in [2.45, 2.75) is 12.8 Å². The highest BCUT2D eigenvalue weighted by Crippen LogP contribution is 2.30. The van der Waals surface area contributed by atoms with Gasteiger partial charge in [0.05, 0.1) is 11.4 Å². The van der Waals surface area contributed by atoms with E-state index in [4.69, 9.17) is 4.98 Å². The van der Waals surface area contributed by atoms with Gasteiger partial charge in [0, 0.05) is 15.7 Å². The number of allylic oxidation sites excluding steroid dienone is 1. The first kappa shape index (κ1) is 13.5. The number of halogens is 1. The molecule has 22 heavy (non-hydrogen) atoms. The monoisotopic (exact) mass is 350 g/mol. The second-order valence-corrected chi connectivity index (χ2v) is 6.30. The molecule has 0 unspecified atom stereocenters. The zero-order valence-corrected chi connectivity index (χ0v) is 13.6. The van der Waals surface area contributed by atoms with E-state index in [0.717, 1.165) is 40.1 Å². The van der Waals surface area contributed by atoms with Crippen LogP contribution in [0.5, 0.6) is 0 Å². The predicted molar refractivity (Wildman–Crippen MR) is 94.1 cm³/mol. The summed E-state index contributed by atoms with van der Waals surface area (Å²) in [7, 11) is 0. The fraction of sp³-hybridized carbons (Fsp3) is 0.105. The number of fused-ring (bicyclic) bond motifs is 1. The molecule has 108 valence electrons. The molecule has 0 amide bonds. The van der Waals surface area contributed by atoms with E-state index in [9.17, 15) is 0 Å². The molecule has 3 heteroatoms. The third-order valence-corrected chi connectivity index (χ3v) is 4.47. The lowest BCUT2D eigenvalue weighted by atomic mass is 10.1. The van der Waals surface area contributed by atoms with Crippen LogP contribution in [-0.4, -0.2) is 9.55 Å². The molecule has 1 aliphatic carbocycles. The van der Waals surface area contributed by atoms with Gasteiger partial charge in [0.15, 0.2) is 0 Å². The average molecular weight is 351 g/mol. The van der Waals surface area contributed by atoms with E-state index in [1.807, 2.05) is 6.07 Å². The van der Waals surface area contributed by atoms with Crippen LogP contribution in [0, 0.1) is 0 Å². The van der Waals surface area contributed by atoms with Crippen LogP contribution in [0.4, 0.5) is 0 Å². The van der Waals surface area contributed by atoms with Gasteiger partial charge in [-0.15, -0.1) is 0 Å². The van der Waals surface area contributed by atoms with Crippen LogP contribution in [-0.2, 0) is 6.42 Å². The van der Waals surface area contributed by atoms with Gasteiger partial charge in [-0.25, -0.2) is 4.98 Å². The Hall–Kier alpha value is -2.13. The summed E-state index contributed by atoms with van der Waals surface area (Å²) in [4.78, 5) is 4.88. The van der Waals surface area contributed by atoms with Gasteiger partial charge in [-0.1, -0.05) is 52.3 Å². The molecule has 2 aromatic carbocycles. The van der Waals surface area contributed by atoms with Crippen molar-refractivity contribution in [3.63, 3.8) is 0 Å². The lowest BCUT2D eigenvalue weighted by Gasteiger charge is -2.13. The normalized spacial score (nSPS) is 13.1. The fourth-order valence-corrected chi connectivity index (χ4v) is 3.17. The van der Waals surface area contributed by atoms with Crippen LogP contribution in [0.25, 0.3) is 23.2 Å². The Labute approximate surface area is 138 Å². The Morgan fingerprint density at radius 3 is 2.50 bits per heavy atom. The van der Waals surface area contributed by atoms with E-state index in [2.05, 4.69) is 81.2 Å². The van der Waals surface area contributed by atoms with Crippen molar-refractivity contribution >= 4 is 22.0 Å². The molecule has 3 aromatic rings. The summed E-state index contributed by atoms with van der Waals surface area (Å²) in [5.41, 5.74) is 4.69. The van der Waals surface area contributed by atoms with Gasteiger partial charge >= 0.3 is 0 Å². The highest BCUT2D eigenvalue weighted by Gasteiger charge is 2.19. The maximum atomic E-state index is 4.88. The second-order valence-electron chi connectivity index (χ2n) is 5.39. The van der Waals surface area contributed by atoms with Crippen molar-refractivity contribution in [1.82, 2.24) is 9.55 Å². The van der Waals surface area contributed by atoms with Crippen LogP contribution in [0.15, 0.2) is 65.1 Å². The van der Waals surface area contributed by atoms with Crippen LogP contribution < -0.4 is 0 Å². The van der Waals surface area contributed by atoms with Crippen LogP contribution in [0.1, 0.15) is 17.8 Å². The standard InChI is InChI=1S/C19H15BrN2/c20-15-10-12-16(13-11-15)22-18-9-5-4-8-17(18)21-19(22)14-6-2-1-3-7-14/h1-4,6-8,10-13H,5,9H2. The molecule has 0 radical (unpaired) electrons. The van der Waals surface area contributed by atoms with E-state index < -0.39 is 0 Å². The molecule has 2 nitrogen and oxygen atoms in total. The van der Waals surface area contributed by atoms with Crippen molar-refractivity contribution in [1.29, 1.82) is 0 Å². The van der Waals surface area contributed by atoms with Crippen molar-refractivity contribution in [3.05, 3.63) is 76.5 Å². The molecule has 0 bridgehead atoms. The van der Waals surface area contributed by atoms with Crippen molar-refractivity contribution in [2.75, 3.05) is 0 Å². The largest absolute Gasteiger partial charge is 0.296 e. The van der Waals surface area contributed by atoms with Crippen molar-refractivity contribution in [2.24, 2.45) is 0 Å². The first-order valence-electron chi connectivity index (χ1n) is 7.42. The summed E-state index contributed by atoms with van der Waals surface area (Å²) in [6, 6.07) is 18.8. The minimum absolute atomic E-state index is 1.01. The van der Waals surface area contributed by atoms with Crippen molar-refractivity contribution < 1.29 is 0 Å². The van der Waals surface area contributed by atoms with E-state index >= 15 is 0 Å². The predicted octanol–water partition coefficient (Wildman–Crippen LogP) is 5.26. The lowest BCUT2D eigenvalue weighted by molar-refractivity contribution is 0.878. The third kappa shape index (κ3) is 2.32. The second kappa shape index (κ2) is 5.58. The fourth-order valence-electron chi connectivity index (χ4n) is 2.91. The topological polar surface area (TPSA) is 17.8 Å². The van der Waals surface area contributed by atoms with E-state index in [0.29, 0.717) is 0 Å². The minimum Gasteiger partial charge on any atom is -0.296 e. The van der Waals surface area contributed by atoms with E-state index in [1.54, 1.807) is 0 Å². The Morgan fingerprint density at radius 2 is 1.73 bits per heavy atom. The molecule has 0 N–H and O–H groups in total. The molecule has 0 fully saturated rings. The zero-order chi connectivity index (χ0) is 14.9. The number of hydrogen-bond donors (Lipinski definition) is 0. The average Bonchev–Trinajstić information content (AvgIpc) is 2.96. The van der Waals surface area contributed by atoms with Gasteiger partial charge in [0.1, 0.15) is 5.82 Å². The summed E-state index contributed by atoms with van der Waals surface area (Å²) >= 11 is 3.51. The molecule has 4 rings (SSSR count). The van der Waals surface area contributed by atoms with Gasteiger partial charge in [-0.2, -0.15) is 0 Å². The third-order valence-electron chi connectivity index (χ3n) is 3.94. The Morgan fingerprint density at radius 1 is 0.955 bits per heavy atom. The maximum absolute atomic E-state index is 4.88. The summed E-state index contributed by atoms with van der Waals surface area (Å²) in [6.45, 7) is 0. The van der Waals surface area contributed by atoms with E-state index in [-0.39, 0.29) is 0 Å². The molecule has 0 atom stereocenters. The smallest absolute Gasteiger partial charge is 0.145 e. The van der Waals surface area contributed by atoms with E-state index in [1.165, 1.54) is 5.69 Å². The molecule has 0 saturated heterocycles. The summed E-state index contributed by atoms with van der Waals surface area (Å²) in [5, 5.41) is 0. The molecule has 0 spiro atoms. The SMILES string of the molecule is Brc1ccc(-n2c(-c3ccccc3)nc3c2CCC=C3)cc1. The Balaban J connectivity index is 1.97. The number of benzene rings is 2. The molecule has 0 saturated carbocycles. The minimum atomic E-state index is 1.01. The highest BCUT2D eigenvalue weighted by atomic mass is 79.9. The number of aromatic nitrogens is 2. The molecule has 1 heterocycles. The number of hydrogen-bond acceptors (Lipinski definition) is 1. The van der Waals surface area contributed by atoms with Crippen molar-refractivity contribution in [3.8, 4) is 17.1 Å².